The number of hydrogen-bond acceptors (Lipinski definition) is 3. The maximum absolute atomic E-state index is 5.95. The summed E-state index contributed by atoms with van der Waals surface area (Å²) in [7, 11) is 0. The molecule has 2 N–H and O–H groups in total. The first-order chi connectivity index (χ1) is 6.68. The summed E-state index contributed by atoms with van der Waals surface area (Å²) in [5.74, 6) is 0. The Hall–Kier alpha value is -1.26. The smallest absolute Gasteiger partial charge is 0.106 e. The highest BCUT2D eigenvalue weighted by molar-refractivity contribution is 6.37. The summed E-state index contributed by atoms with van der Waals surface area (Å²) in [5, 5.41) is 8.76. The van der Waals surface area contributed by atoms with E-state index < -0.39 is 0 Å². The molecule has 0 bridgehead atoms. The van der Waals surface area contributed by atoms with Crippen LogP contribution in [0.2, 0.25) is 10.0 Å². The highest BCUT2D eigenvalue weighted by Gasteiger charge is 2.07. The summed E-state index contributed by atoms with van der Waals surface area (Å²) >= 11 is 11.7. The topological polar surface area (TPSA) is 56.7 Å². The van der Waals surface area contributed by atoms with Crippen molar-refractivity contribution in [1.29, 1.82) is 0 Å². The zero-order chi connectivity index (χ0) is 10.1. The van der Waals surface area contributed by atoms with Gasteiger partial charge in [0.1, 0.15) is 5.69 Å². The van der Waals surface area contributed by atoms with E-state index in [2.05, 4.69) is 10.2 Å². The van der Waals surface area contributed by atoms with E-state index >= 15 is 0 Å². The van der Waals surface area contributed by atoms with Crippen molar-refractivity contribution in [3.05, 3.63) is 34.6 Å². The minimum absolute atomic E-state index is 0.422. The molecule has 0 atom stereocenters. The molecular weight excluding hydrogens is 223 g/mol. The van der Waals surface area contributed by atoms with E-state index in [1.165, 1.54) is 4.80 Å². The van der Waals surface area contributed by atoms with Crippen molar-refractivity contribution >= 4 is 28.9 Å². The molecule has 0 saturated carbocycles. The Morgan fingerprint density at radius 1 is 1.07 bits per heavy atom. The third-order valence-corrected chi connectivity index (χ3v) is 2.33. The largest absolute Gasteiger partial charge is 0.397 e. The molecule has 2 aromatic rings. The van der Waals surface area contributed by atoms with Crippen molar-refractivity contribution in [1.82, 2.24) is 15.0 Å². The molecule has 1 aromatic carbocycles. The molecule has 6 heteroatoms. The van der Waals surface area contributed by atoms with Crippen LogP contribution in [-0.2, 0) is 0 Å². The second kappa shape index (κ2) is 3.48. The number of hydrogen-bond donors (Lipinski definition) is 1. The Morgan fingerprint density at radius 3 is 2.36 bits per heavy atom. The Morgan fingerprint density at radius 2 is 1.71 bits per heavy atom. The lowest BCUT2D eigenvalue weighted by atomic mass is 10.3. The van der Waals surface area contributed by atoms with Crippen molar-refractivity contribution in [2.45, 2.75) is 0 Å². The first-order valence-corrected chi connectivity index (χ1v) is 4.55. The Bertz CT molecular complexity index is 453. The SMILES string of the molecule is Nc1cc(-n2nccn2)c(Cl)cc1Cl. The minimum atomic E-state index is 0.422. The molecule has 1 aromatic heterocycles. The molecular formula is C8H6Cl2N4. The van der Waals surface area contributed by atoms with E-state index in [1.54, 1.807) is 24.5 Å². The molecule has 0 aliphatic heterocycles. The van der Waals surface area contributed by atoms with Gasteiger partial charge in [0, 0.05) is 0 Å². The van der Waals surface area contributed by atoms with Gasteiger partial charge < -0.3 is 5.73 Å². The summed E-state index contributed by atoms with van der Waals surface area (Å²) in [6, 6.07) is 3.20. The molecule has 14 heavy (non-hydrogen) atoms. The van der Waals surface area contributed by atoms with Crippen LogP contribution in [0.4, 0.5) is 5.69 Å². The van der Waals surface area contributed by atoms with E-state index in [4.69, 9.17) is 28.9 Å². The first-order valence-electron chi connectivity index (χ1n) is 3.79. The molecule has 1 heterocycles. The van der Waals surface area contributed by atoms with Crippen LogP contribution < -0.4 is 5.73 Å². The summed E-state index contributed by atoms with van der Waals surface area (Å²) in [5.41, 5.74) is 6.69. The zero-order valence-corrected chi connectivity index (χ0v) is 8.50. The van der Waals surface area contributed by atoms with Gasteiger partial charge in [-0.3, -0.25) is 0 Å². The number of nitrogen functional groups attached to an aromatic ring is 1. The zero-order valence-electron chi connectivity index (χ0n) is 6.98. The fourth-order valence-electron chi connectivity index (χ4n) is 1.05. The fourth-order valence-corrected chi connectivity index (χ4v) is 1.51. The molecule has 0 saturated heterocycles. The summed E-state index contributed by atoms with van der Waals surface area (Å²) in [6.07, 6.45) is 3.11. The number of halogens is 2. The monoisotopic (exact) mass is 228 g/mol. The fraction of sp³-hybridized carbons (Fsp3) is 0. The maximum Gasteiger partial charge on any atom is 0.106 e. The van der Waals surface area contributed by atoms with Crippen molar-refractivity contribution in [3.8, 4) is 5.69 Å². The highest BCUT2D eigenvalue weighted by Crippen LogP contribution is 2.28. The van der Waals surface area contributed by atoms with Crippen molar-refractivity contribution < 1.29 is 0 Å². The quantitative estimate of drug-likeness (QED) is 0.762. The molecule has 0 spiro atoms. The number of rotatable bonds is 1. The molecule has 0 aliphatic carbocycles. The van der Waals surface area contributed by atoms with Crippen LogP contribution in [0.25, 0.3) is 5.69 Å². The number of benzene rings is 1. The van der Waals surface area contributed by atoms with Crippen LogP contribution in [0, 0.1) is 0 Å². The molecule has 2 rings (SSSR count). The van der Waals surface area contributed by atoms with Gasteiger partial charge in [0.15, 0.2) is 0 Å². The van der Waals surface area contributed by atoms with Crippen LogP contribution in [0.15, 0.2) is 24.5 Å². The molecule has 0 aliphatic rings. The first kappa shape index (κ1) is 9.30. The average Bonchev–Trinajstić information content (AvgIpc) is 2.64. The number of aromatic nitrogens is 3. The molecule has 0 unspecified atom stereocenters. The lowest BCUT2D eigenvalue weighted by Crippen LogP contribution is -2.00. The molecule has 4 nitrogen and oxygen atoms in total. The van der Waals surface area contributed by atoms with Crippen LogP contribution in [0.3, 0.4) is 0 Å². The Kier molecular flexibility index (Phi) is 2.31. The van der Waals surface area contributed by atoms with Gasteiger partial charge in [0.05, 0.1) is 28.1 Å². The van der Waals surface area contributed by atoms with Gasteiger partial charge in [-0.05, 0) is 12.1 Å². The van der Waals surface area contributed by atoms with Gasteiger partial charge >= 0.3 is 0 Å². The van der Waals surface area contributed by atoms with Crippen molar-refractivity contribution in [3.63, 3.8) is 0 Å². The average molecular weight is 229 g/mol. The van der Waals surface area contributed by atoms with Crippen LogP contribution in [0.1, 0.15) is 0 Å². The Labute approximate surface area is 90.2 Å². The van der Waals surface area contributed by atoms with E-state index in [9.17, 15) is 0 Å². The van der Waals surface area contributed by atoms with Crippen LogP contribution in [0.5, 0.6) is 0 Å². The third kappa shape index (κ3) is 1.54. The van der Waals surface area contributed by atoms with Gasteiger partial charge in [0.2, 0.25) is 0 Å². The van der Waals surface area contributed by atoms with Gasteiger partial charge in [-0.2, -0.15) is 15.0 Å². The third-order valence-electron chi connectivity index (χ3n) is 1.70. The second-order valence-corrected chi connectivity index (χ2v) is 3.46. The predicted octanol–water partition coefficient (Wildman–Crippen LogP) is 2.16. The van der Waals surface area contributed by atoms with Crippen LogP contribution in [-0.4, -0.2) is 15.0 Å². The normalized spacial score (nSPS) is 10.4. The number of anilines is 1. The summed E-state index contributed by atoms with van der Waals surface area (Å²) in [6.45, 7) is 0. The molecule has 72 valence electrons. The van der Waals surface area contributed by atoms with Gasteiger partial charge in [-0.15, -0.1) is 0 Å². The standard InChI is InChI=1S/C8H6Cl2N4/c9-5-3-6(10)8(4-7(5)11)14-12-1-2-13-14/h1-4H,11H2. The second-order valence-electron chi connectivity index (χ2n) is 2.64. The maximum atomic E-state index is 5.95. The highest BCUT2D eigenvalue weighted by atomic mass is 35.5. The lowest BCUT2D eigenvalue weighted by Gasteiger charge is -2.05. The molecule has 0 radical (unpaired) electrons. The molecule has 0 amide bonds. The Balaban J connectivity index is 2.60. The number of nitrogens with two attached hydrogens (primary N) is 1. The molecule has 0 fully saturated rings. The predicted molar refractivity (Wildman–Crippen MR) is 55.8 cm³/mol. The lowest BCUT2D eigenvalue weighted by molar-refractivity contribution is 0.752. The van der Waals surface area contributed by atoms with Crippen molar-refractivity contribution in [2.24, 2.45) is 0 Å². The van der Waals surface area contributed by atoms with Crippen molar-refractivity contribution in [2.75, 3.05) is 5.73 Å². The van der Waals surface area contributed by atoms with E-state index in [1.807, 2.05) is 0 Å². The van der Waals surface area contributed by atoms with Crippen LogP contribution >= 0.6 is 23.2 Å². The number of nitrogens with zero attached hydrogens (tertiary/aromatic N) is 3. The van der Waals surface area contributed by atoms with E-state index in [0.29, 0.717) is 21.4 Å². The summed E-state index contributed by atoms with van der Waals surface area (Å²) in [4.78, 5) is 1.38. The van der Waals surface area contributed by atoms with E-state index in [0.717, 1.165) is 0 Å². The van der Waals surface area contributed by atoms with E-state index in [-0.39, 0.29) is 0 Å². The van der Waals surface area contributed by atoms with Gasteiger partial charge in [-0.1, -0.05) is 23.2 Å². The summed E-state index contributed by atoms with van der Waals surface area (Å²) < 4.78 is 0. The van der Waals surface area contributed by atoms with Gasteiger partial charge in [0.25, 0.3) is 0 Å². The minimum Gasteiger partial charge on any atom is -0.397 e. The van der Waals surface area contributed by atoms with Gasteiger partial charge in [-0.25, -0.2) is 0 Å².